The van der Waals surface area contributed by atoms with Crippen molar-refractivity contribution in [1.82, 2.24) is 0 Å². The van der Waals surface area contributed by atoms with Gasteiger partial charge in [0, 0.05) is 11.1 Å². The lowest BCUT2D eigenvalue weighted by Crippen LogP contribution is -2.19. The molecular weight excluding hydrogens is 302 g/mol. The number of nitrogens with zero attached hydrogens (tertiary/aromatic N) is 3. The van der Waals surface area contributed by atoms with Crippen molar-refractivity contribution in [1.29, 1.82) is 0 Å². The molecule has 23 heavy (non-hydrogen) atoms. The van der Waals surface area contributed by atoms with E-state index in [9.17, 15) is 4.79 Å². The Morgan fingerprint density at radius 2 is 1.78 bits per heavy atom. The maximum Gasteiger partial charge on any atom is 0.360 e. The maximum absolute atomic E-state index is 11.6. The molecule has 0 amide bonds. The highest BCUT2D eigenvalue weighted by Gasteiger charge is 2.18. The van der Waals surface area contributed by atoms with Crippen LogP contribution in [0.4, 0.5) is 0 Å². The van der Waals surface area contributed by atoms with Crippen molar-refractivity contribution < 1.29 is 24.4 Å². The number of methoxy groups -OCH3 is 1. The average Bonchev–Trinajstić information content (AvgIpc) is 2.56. The summed E-state index contributed by atoms with van der Waals surface area (Å²) in [5, 5.41) is 19.7. The molecule has 8 nitrogen and oxygen atoms in total. The van der Waals surface area contributed by atoms with Gasteiger partial charge < -0.3 is 19.6 Å². The second-order valence-electron chi connectivity index (χ2n) is 4.41. The highest BCUT2D eigenvalue weighted by atomic mass is 16.6. The number of hydrogen-bond acceptors (Lipinski definition) is 8. The summed E-state index contributed by atoms with van der Waals surface area (Å²) in [6.07, 6.45) is 0. The first-order valence-electron chi connectivity index (χ1n) is 6.68. The second kappa shape index (κ2) is 9.19. The first kappa shape index (κ1) is 18.1. The Bertz CT molecular complexity index is 638. The third-order valence-electron chi connectivity index (χ3n) is 2.92. The van der Waals surface area contributed by atoms with E-state index in [1.165, 1.54) is 14.2 Å². The van der Waals surface area contributed by atoms with Crippen molar-refractivity contribution in [3.8, 4) is 0 Å². The van der Waals surface area contributed by atoms with Gasteiger partial charge in [-0.3, -0.25) is 0 Å². The van der Waals surface area contributed by atoms with E-state index in [0.717, 1.165) is 0 Å². The molecule has 0 aromatic heterocycles. The van der Waals surface area contributed by atoms with Crippen LogP contribution < -0.4 is 0 Å². The van der Waals surface area contributed by atoms with E-state index in [2.05, 4.69) is 25.0 Å². The molecule has 0 saturated carbocycles. The molecular formula is C15H19N3O5. The summed E-state index contributed by atoms with van der Waals surface area (Å²) in [4.78, 5) is 21.5. The molecule has 0 unspecified atom stereocenters. The zero-order valence-electron chi connectivity index (χ0n) is 13.4. The van der Waals surface area contributed by atoms with Gasteiger partial charge in [-0.2, -0.15) is 0 Å². The van der Waals surface area contributed by atoms with Gasteiger partial charge in [0.15, 0.2) is 5.71 Å². The third-order valence-corrected chi connectivity index (χ3v) is 2.92. The zero-order chi connectivity index (χ0) is 17.2. The summed E-state index contributed by atoms with van der Waals surface area (Å²) in [7, 11) is 2.65. The standard InChI is InChI=1S/C15H19N3O5/c1-10(17-22-4)11(2)18-23-9-12-7-5-6-8-13(12)14(16-20)15(19)21-3/h5-8,20H,9H2,1-4H3/b16-14+,17-10-,18-11-. The van der Waals surface area contributed by atoms with Crippen LogP contribution >= 0.6 is 0 Å². The number of carbonyl (C=O) groups is 1. The van der Waals surface area contributed by atoms with Crippen LogP contribution in [0.15, 0.2) is 39.7 Å². The molecule has 0 fully saturated rings. The SMILES string of the molecule is CO/N=C(C)\C(C)=N/OCc1ccccc1/C(=N\O)C(=O)OC. The van der Waals surface area contributed by atoms with Gasteiger partial charge in [-0.15, -0.1) is 0 Å². The van der Waals surface area contributed by atoms with Crippen molar-refractivity contribution in [2.45, 2.75) is 20.5 Å². The van der Waals surface area contributed by atoms with E-state index in [4.69, 9.17) is 10.0 Å². The van der Waals surface area contributed by atoms with E-state index < -0.39 is 5.97 Å². The number of oxime groups is 3. The summed E-state index contributed by atoms with van der Waals surface area (Å²) in [5.41, 5.74) is 1.94. The van der Waals surface area contributed by atoms with Crippen LogP contribution in [0.25, 0.3) is 0 Å². The Hall–Kier alpha value is -2.90. The smallest absolute Gasteiger partial charge is 0.360 e. The van der Waals surface area contributed by atoms with Gasteiger partial charge >= 0.3 is 5.97 Å². The number of carbonyl (C=O) groups excluding carboxylic acids is 1. The fraction of sp³-hybridized carbons (Fsp3) is 0.333. The Kier molecular flexibility index (Phi) is 7.25. The van der Waals surface area contributed by atoms with Crippen molar-refractivity contribution in [2.24, 2.45) is 15.5 Å². The highest BCUT2D eigenvalue weighted by Crippen LogP contribution is 2.13. The summed E-state index contributed by atoms with van der Waals surface area (Å²) < 4.78 is 4.59. The van der Waals surface area contributed by atoms with Crippen LogP contribution in [-0.4, -0.2) is 42.5 Å². The van der Waals surface area contributed by atoms with E-state index >= 15 is 0 Å². The quantitative estimate of drug-likeness (QED) is 0.358. The first-order chi connectivity index (χ1) is 11.0. The summed E-state index contributed by atoms with van der Waals surface area (Å²) in [6.45, 7) is 3.52. The van der Waals surface area contributed by atoms with Crippen LogP contribution in [0.1, 0.15) is 25.0 Å². The van der Waals surface area contributed by atoms with E-state index in [-0.39, 0.29) is 12.3 Å². The lowest BCUT2D eigenvalue weighted by molar-refractivity contribution is -0.132. The maximum atomic E-state index is 11.6. The Balaban J connectivity index is 2.93. The molecule has 0 heterocycles. The number of benzene rings is 1. The van der Waals surface area contributed by atoms with Gasteiger partial charge in [0.1, 0.15) is 25.1 Å². The lowest BCUT2D eigenvalue weighted by atomic mass is 10.0. The molecule has 0 bridgehead atoms. The van der Waals surface area contributed by atoms with Gasteiger partial charge in [-0.05, 0) is 13.8 Å². The molecule has 0 radical (unpaired) electrons. The monoisotopic (exact) mass is 321 g/mol. The largest absolute Gasteiger partial charge is 0.464 e. The zero-order valence-corrected chi connectivity index (χ0v) is 13.4. The summed E-state index contributed by atoms with van der Waals surface area (Å²) in [5.74, 6) is -0.747. The second-order valence-corrected chi connectivity index (χ2v) is 4.41. The molecule has 0 atom stereocenters. The summed E-state index contributed by atoms with van der Waals surface area (Å²) >= 11 is 0. The Labute approximate surface area is 134 Å². The minimum atomic E-state index is -0.747. The molecule has 8 heteroatoms. The molecule has 0 aliphatic heterocycles. The minimum Gasteiger partial charge on any atom is -0.464 e. The Morgan fingerprint density at radius 1 is 1.13 bits per heavy atom. The predicted molar refractivity (Wildman–Crippen MR) is 84.8 cm³/mol. The molecule has 0 saturated heterocycles. The van der Waals surface area contributed by atoms with E-state index in [1.54, 1.807) is 38.1 Å². The van der Waals surface area contributed by atoms with Crippen molar-refractivity contribution in [3.63, 3.8) is 0 Å². The van der Waals surface area contributed by atoms with Gasteiger partial charge in [0.2, 0.25) is 0 Å². The van der Waals surface area contributed by atoms with Gasteiger partial charge in [0.25, 0.3) is 0 Å². The molecule has 0 spiro atoms. The summed E-state index contributed by atoms with van der Waals surface area (Å²) in [6, 6.07) is 6.82. The van der Waals surface area contributed by atoms with Crippen LogP contribution in [0, 0.1) is 0 Å². The number of esters is 1. The van der Waals surface area contributed by atoms with Crippen LogP contribution in [0.5, 0.6) is 0 Å². The molecule has 124 valence electrons. The molecule has 0 aliphatic rings. The third kappa shape index (κ3) is 5.10. The number of hydrogen-bond donors (Lipinski definition) is 1. The van der Waals surface area contributed by atoms with Gasteiger partial charge in [-0.25, -0.2) is 4.79 Å². The van der Waals surface area contributed by atoms with Crippen LogP contribution in [0.2, 0.25) is 0 Å². The fourth-order valence-electron chi connectivity index (χ4n) is 1.65. The van der Waals surface area contributed by atoms with E-state index in [1.807, 2.05) is 0 Å². The average molecular weight is 321 g/mol. The first-order valence-corrected chi connectivity index (χ1v) is 6.68. The molecule has 0 aliphatic carbocycles. The topological polar surface area (TPSA) is 102 Å². The van der Waals surface area contributed by atoms with Crippen LogP contribution in [-0.2, 0) is 25.8 Å². The van der Waals surface area contributed by atoms with Crippen molar-refractivity contribution in [3.05, 3.63) is 35.4 Å². The molecule has 1 aromatic rings. The predicted octanol–water partition coefficient (Wildman–Crippen LogP) is 1.95. The van der Waals surface area contributed by atoms with Gasteiger partial charge in [0.05, 0.1) is 7.11 Å². The molecule has 1 aromatic carbocycles. The minimum absolute atomic E-state index is 0.0732. The highest BCUT2D eigenvalue weighted by molar-refractivity contribution is 6.43. The fourth-order valence-corrected chi connectivity index (χ4v) is 1.65. The molecule has 1 N–H and O–H groups in total. The Morgan fingerprint density at radius 3 is 2.39 bits per heavy atom. The normalized spacial score (nSPS) is 12.8. The van der Waals surface area contributed by atoms with Gasteiger partial charge in [-0.1, -0.05) is 39.7 Å². The number of rotatable bonds is 7. The molecule has 1 rings (SSSR count). The number of ether oxygens (including phenoxy) is 1. The van der Waals surface area contributed by atoms with E-state index in [0.29, 0.717) is 22.6 Å². The lowest BCUT2D eigenvalue weighted by Gasteiger charge is -2.09. The van der Waals surface area contributed by atoms with Crippen molar-refractivity contribution in [2.75, 3.05) is 14.2 Å². The van der Waals surface area contributed by atoms with Crippen LogP contribution in [0.3, 0.4) is 0 Å². The van der Waals surface area contributed by atoms with Crippen molar-refractivity contribution >= 4 is 23.1 Å².